The lowest BCUT2D eigenvalue weighted by atomic mass is 10.1. The Kier molecular flexibility index (Phi) is 7.16. The van der Waals surface area contributed by atoms with Crippen LogP contribution in [-0.2, 0) is 24.4 Å². The number of aromatic amines is 1. The maximum Gasteiger partial charge on any atom is 0.253 e. The Labute approximate surface area is 207 Å². The quantitative estimate of drug-likeness (QED) is 0.346. The second-order valence-corrected chi connectivity index (χ2v) is 8.54. The Balaban J connectivity index is 1.50. The average Bonchev–Trinajstić information content (AvgIpc) is 3.18. The van der Waals surface area contributed by atoms with Gasteiger partial charge in [-0.3, -0.25) is 14.4 Å². The van der Waals surface area contributed by atoms with Crippen molar-refractivity contribution in [2.45, 2.75) is 26.6 Å². The van der Waals surface area contributed by atoms with E-state index in [0.717, 1.165) is 22.8 Å². The van der Waals surface area contributed by atoms with Crippen LogP contribution in [0.5, 0.6) is 0 Å². The van der Waals surface area contributed by atoms with Crippen molar-refractivity contribution >= 4 is 34.3 Å². The Hall–Kier alpha value is -4.05. The van der Waals surface area contributed by atoms with E-state index in [-0.39, 0.29) is 41.9 Å². The molecule has 7 nitrogen and oxygen atoms in total. The van der Waals surface area contributed by atoms with Gasteiger partial charge in [-0.1, -0.05) is 11.6 Å². The highest BCUT2D eigenvalue weighted by molar-refractivity contribution is 6.35. The third-order valence-electron chi connectivity index (χ3n) is 5.57. The van der Waals surface area contributed by atoms with Crippen molar-refractivity contribution in [1.29, 1.82) is 0 Å². The van der Waals surface area contributed by atoms with E-state index in [4.69, 9.17) is 11.6 Å². The Morgan fingerprint density at radius 2 is 1.58 bits per heavy atom. The fraction of sp³-hybridized carbons (Fsp3) is 0.160. The van der Waals surface area contributed by atoms with Gasteiger partial charge in [0, 0.05) is 66.1 Å². The van der Waals surface area contributed by atoms with Crippen molar-refractivity contribution in [2.24, 2.45) is 0 Å². The SMILES string of the molecule is CC(=O)NCc1cc(F)c(Cn2cc(C(=O)NCc3cc4c(Cl)c[nH]c4cc3F)ccc2=O)cc1F. The predicted molar refractivity (Wildman–Crippen MR) is 128 cm³/mol. The minimum Gasteiger partial charge on any atom is -0.360 e. The molecule has 2 aromatic carbocycles. The lowest BCUT2D eigenvalue weighted by molar-refractivity contribution is -0.119. The molecule has 0 aliphatic heterocycles. The maximum absolute atomic E-state index is 14.6. The smallest absolute Gasteiger partial charge is 0.253 e. The number of H-pyrrole nitrogens is 1. The summed E-state index contributed by atoms with van der Waals surface area (Å²) in [5, 5.41) is 5.98. The molecule has 0 saturated carbocycles. The van der Waals surface area contributed by atoms with Gasteiger partial charge in [-0.05, 0) is 30.3 Å². The van der Waals surface area contributed by atoms with Crippen molar-refractivity contribution in [2.75, 3.05) is 0 Å². The Morgan fingerprint density at radius 3 is 2.33 bits per heavy atom. The van der Waals surface area contributed by atoms with E-state index in [1.807, 2.05) is 0 Å². The van der Waals surface area contributed by atoms with Gasteiger partial charge in [0.25, 0.3) is 11.5 Å². The summed E-state index contributed by atoms with van der Waals surface area (Å²) < 4.78 is 44.4. The minimum atomic E-state index is -0.771. The highest BCUT2D eigenvalue weighted by Crippen LogP contribution is 2.25. The van der Waals surface area contributed by atoms with Gasteiger partial charge >= 0.3 is 0 Å². The molecule has 36 heavy (non-hydrogen) atoms. The lowest BCUT2D eigenvalue weighted by Gasteiger charge is -2.12. The summed E-state index contributed by atoms with van der Waals surface area (Å²) in [5.74, 6) is -3.04. The molecule has 2 heterocycles. The summed E-state index contributed by atoms with van der Waals surface area (Å²) in [6.07, 6.45) is 2.74. The molecule has 0 unspecified atom stereocenters. The number of pyridine rings is 1. The molecule has 11 heteroatoms. The maximum atomic E-state index is 14.6. The Bertz CT molecular complexity index is 1550. The van der Waals surface area contributed by atoms with Gasteiger partial charge in [0.2, 0.25) is 5.91 Å². The van der Waals surface area contributed by atoms with Crippen molar-refractivity contribution in [1.82, 2.24) is 20.2 Å². The summed E-state index contributed by atoms with van der Waals surface area (Å²) >= 11 is 6.07. The molecule has 0 bridgehead atoms. The molecular weight excluding hydrogens is 497 g/mol. The largest absolute Gasteiger partial charge is 0.360 e. The molecule has 0 spiro atoms. The first-order valence-corrected chi connectivity index (χ1v) is 11.1. The fourth-order valence-electron chi connectivity index (χ4n) is 3.65. The molecular formula is C25H20ClF3N4O3. The summed E-state index contributed by atoms with van der Waals surface area (Å²) in [4.78, 5) is 38.8. The van der Waals surface area contributed by atoms with Crippen molar-refractivity contribution in [3.63, 3.8) is 0 Å². The van der Waals surface area contributed by atoms with Gasteiger partial charge in [0.05, 0.1) is 17.1 Å². The second kappa shape index (κ2) is 10.3. The number of hydrogen-bond donors (Lipinski definition) is 3. The van der Waals surface area contributed by atoms with Crippen molar-refractivity contribution in [3.8, 4) is 0 Å². The molecule has 0 aliphatic carbocycles. The van der Waals surface area contributed by atoms with Gasteiger partial charge in [-0.25, -0.2) is 13.2 Å². The molecule has 0 radical (unpaired) electrons. The first-order chi connectivity index (χ1) is 17.1. The zero-order chi connectivity index (χ0) is 26.0. The number of aromatic nitrogens is 2. The number of carbonyl (C=O) groups excluding carboxylic acids is 2. The summed E-state index contributed by atoms with van der Waals surface area (Å²) in [6.45, 7) is 0.597. The Morgan fingerprint density at radius 1 is 0.944 bits per heavy atom. The third-order valence-corrected chi connectivity index (χ3v) is 5.88. The van der Waals surface area contributed by atoms with Gasteiger partial charge in [-0.2, -0.15) is 0 Å². The number of rotatable bonds is 7. The van der Waals surface area contributed by atoms with E-state index in [2.05, 4.69) is 15.6 Å². The molecule has 186 valence electrons. The molecule has 0 saturated heterocycles. The van der Waals surface area contributed by atoms with Crippen molar-refractivity contribution in [3.05, 3.63) is 104 Å². The van der Waals surface area contributed by atoms with Crippen LogP contribution in [0, 0.1) is 17.5 Å². The molecule has 0 aliphatic rings. The molecule has 3 N–H and O–H groups in total. The first-order valence-electron chi connectivity index (χ1n) is 10.8. The lowest BCUT2D eigenvalue weighted by Crippen LogP contribution is -2.27. The molecule has 0 atom stereocenters. The molecule has 4 rings (SSSR count). The standard InChI is InChI=1S/C25H20ClF3N4O3/c1-13(34)30-8-16-5-21(28)17(6-20(16)27)12-33-11-14(2-3-24(33)35)25(36)32-9-15-4-18-19(26)10-31-23(18)7-22(15)29/h2-7,10-11,31H,8-9,12H2,1H3,(H,30,34)(H,32,36). The van der Waals surface area contributed by atoms with E-state index >= 15 is 0 Å². The zero-order valence-corrected chi connectivity index (χ0v) is 19.7. The number of nitrogens with one attached hydrogen (secondary N) is 3. The van der Waals surface area contributed by atoms with Crippen LogP contribution in [-0.4, -0.2) is 21.4 Å². The fourth-order valence-corrected chi connectivity index (χ4v) is 3.86. The highest BCUT2D eigenvalue weighted by atomic mass is 35.5. The van der Waals surface area contributed by atoms with Crippen LogP contribution in [0.15, 0.2) is 53.6 Å². The number of amides is 2. The van der Waals surface area contributed by atoms with E-state index in [0.29, 0.717) is 15.9 Å². The van der Waals surface area contributed by atoms with E-state index in [9.17, 15) is 27.6 Å². The number of halogens is 4. The van der Waals surface area contributed by atoms with Crippen LogP contribution in [0.2, 0.25) is 5.02 Å². The molecule has 4 aromatic rings. The van der Waals surface area contributed by atoms with Crippen LogP contribution in [0.25, 0.3) is 10.9 Å². The number of nitrogens with zero attached hydrogens (tertiary/aromatic N) is 1. The summed E-state index contributed by atoms with van der Waals surface area (Å²) in [6, 6.07) is 7.10. The van der Waals surface area contributed by atoms with E-state index in [1.54, 1.807) is 0 Å². The van der Waals surface area contributed by atoms with E-state index in [1.165, 1.54) is 37.5 Å². The highest BCUT2D eigenvalue weighted by Gasteiger charge is 2.14. The average molecular weight is 517 g/mol. The number of carbonyl (C=O) groups is 2. The summed E-state index contributed by atoms with van der Waals surface area (Å²) in [5.41, 5.74) is 0.107. The van der Waals surface area contributed by atoms with Crippen LogP contribution < -0.4 is 16.2 Å². The van der Waals surface area contributed by atoms with Crippen LogP contribution in [0.4, 0.5) is 13.2 Å². The zero-order valence-electron chi connectivity index (χ0n) is 18.9. The summed E-state index contributed by atoms with van der Waals surface area (Å²) in [7, 11) is 0. The molecule has 2 amide bonds. The van der Waals surface area contributed by atoms with Gasteiger partial charge < -0.3 is 20.2 Å². The number of fused-ring (bicyclic) bond motifs is 1. The second-order valence-electron chi connectivity index (χ2n) is 8.14. The van der Waals surface area contributed by atoms with Gasteiger partial charge in [0.1, 0.15) is 17.5 Å². The first kappa shape index (κ1) is 25.1. The third kappa shape index (κ3) is 5.44. The number of benzene rings is 2. The predicted octanol–water partition coefficient (Wildman–Crippen LogP) is 4.01. The monoisotopic (exact) mass is 516 g/mol. The minimum absolute atomic E-state index is 0.0433. The molecule has 0 fully saturated rings. The van der Waals surface area contributed by atoms with Crippen molar-refractivity contribution < 1.29 is 22.8 Å². The van der Waals surface area contributed by atoms with Crippen LogP contribution >= 0.6 is 11.6 Å². The van der Waals surface area contributed by atoms with Crippen LogP contribution in [0.1, 0.15) is 34.0 Å². The molecule has 2 aromatic heterocycles. The van der Waals surface area contributed by atoms with Gasteiger partial charge in [-0.15, -0.1) is 0 Å². The number of hydrogen-bond acceptors (Lipinski definition) is 3. The van der Waals surface area contributed by atoms with Gasteiger partial charge in [0.15, 0.2) is 0 Å². The topological polar surface area (TPSA) is 96.0 Å². The van der Waals surface area contributed by atoms with E-state index < -0.39 is 34.8 Å². The van der Waals surface area contributed by atoms with Crippen LogP contribution in [0.3, 0.4) is 0 Å². The normalized spacial score (nSPS) is 11.0.